The number of rotatable bonds is 20. The fraction of sp³-hybridized carbons (Fsp3) is 0.431. The molecule has 2 aliphatic rings. The number of carbonyl (C=O) groups excluding carboxylic acids is 4. The third-order valence-electron chi connectivity index (χ3n) is 14.2. The van der Waals surface area contributed by atoms with E-state index in [-0.39, 0.29) is 86.6 Å². The maximum Gasteiger partial charge on any atom is 0.416 e. The van der Waals surface area contributed by atoms with Gasteiger partial charge in [0.05, 0.1) is 72.3 Å². The first-order chi connectivity index (χ1) is 37.3. The number of hydrogen-bond donors (Lipinski definition) is 5. The zero-order valence-electron chi connectivity index (χ0n) is 44.5. The molecule has 1 aliphatic carbocycles. The summed E-state index contributed by atoms with van der Waals surface area (Å²) in [7, 11) is 0. The Morgan fingerprint density at radius 2 is 1.59 bits per heavy atom. The van der Waals surface area contributed by atoms with Gasteiger partial charge < -0.3 is 30.5 Å². The average molecular weight is 1090 g/mol. The highest BCUT2D eigenvalue weighted by Crippen LogP contribution is 2.38. The molecule has 78 heavy (non-hydrogen) atoms. The van der Waals surface area contributed by atoms with Crippen LogP contribution in [0.5, 0.6) is 0 Å². The number of halogens is 3. The number of fused-ring (bicyclic) bond motifs is 1. The zero-order chi connectivity index (χ0) is 55.6. The van der Waals surface area contributed by atoms with Gasteiger partial charge in [-0.15, -0.1) is 11.3 Å². The SMILES string of the molecule is Cc1ccc(C(=O)Nc2ccc(CN3CCN(CCOCCOCCC(=O)NC(C(=O)C4CC(O)CC4C(=O)NCc4ccc(-c5scnc5C)cc4)C(C)(C)C)CC3)c(C(F)(F)F)c2)cc1C#Cc1cnc2[nH]ncc2c1. The average Bonchev–Trinajstić information content (AvgIpc) is 4.22. The van der Waals surface area contributed by atoms with Crippen molar-refractivity contribution in [1.29, 1.82) is 0 Å². The largest absolute Gasteiger partial charge is 0.416 e. The number of anilines is 1. The predicted octanol–water partition coefficient (Wildman–Crippen LogP) is 7.71. The minimum atomic E-state index is -4.65. The number of piperazine rings is 1. The number of H-pyrrole nitrogens is 1. The van der Waals surface area contributed by atoms with Crippen molar-refractivity contribution in [3.8, 4) is 22.3 Å². The Morgan fingerprint density at radius 3 is 2.31 bits per heavy atom. The van der Waals surface area contributed by atoms with Gasteiger partial charge in [-0.05, 0) is 84.7 Å². The summed E-state index contributed by atoms with van der Waals surface area (Å²) in [5.41, 5.74) is 6.34. The third kappa shape index (κ3) is 15.2. The summed E-state index contributed by atoms with van der Waals surface area (Å²) in [5.74, 6) is 3.11. The fourth-order valence-electron chi connectivity index (χ4n) is 9.74. The Kier molecular flexibility index (Phi) is 18.9. The van der Waals surface area contributed by atoms with Gasteiger partial charge in [0.1, 0.15) is 0 Å². The molecule has 20 heteroatoms. The van der Waals surface area contributed by atoms with Crippen LogP contribution in [0.25, 0.3) is 21.5 Å². The molecule has 412 valence electrons. The number of aliphatic hydroxyl groups is 1. The van der Waals surface area contributed by atoms with Crippen molar-refractivity contribution in [2.24, 2.45) is 17.3 Å². The molecule has 5 N–H and O–H groups in total. The van der Waals surface area contributed by atoms with Gasteiger partial charge in [0.25, 0.3) is 5.91 Å². The molecule has 1 aliphatic heterocycles. The Labute approximate surface area is 455 Å². The number of ketones is 1. The topological polar surface area (TPSA) is 204 Å². The summed E-state index contributed by atoms with van der Waals surface area (Å²) in [5, 5.41) is 26.7. The number of carbonyl (C=O) groups is 4. The van der Waals surface area contributed by atoms with Crippen LogP contribution < -0.4 is 16.0 Å². The molecule has 0 radical (unpaired) electrons. The number of amides is 3. The molecule has 16 nitrogen and oxygen atoms in total. The number of hydrogen-bond acceptors (Lipinski definition) is 13. The molecule has 3 aromatic carbocycles. The lowest BCUT2D eigenvalue weighted by molar-refractivity contribution is -0.138. The summed E-state index contributed by atoms with van der Waals surface area (Å²) in [6.07, 6.45) is -1.90. The van der Waals surface area contributed by atoms with Gasteiger partial charge in [-0.1, -0.05) is 69.0 Å². The molecule has 2 fully saturated rings. The third-order valence-corrected chi connectivity index (χ3v) is 15.2. The first kappa shape index (κ1) is 57.3. The molecule has 0 bridgehead atoms. The number of Topliss-reactive ketones (excluding diaryl/α,β-unsaturated/α-hetero) is 1. The molecule has 3 aromatic heterocycles. The second-order valence-electron chi connectivity index (χ2n) is 21.0. The van der Waals surface area contributed by atoms with Gasteiger partial charge in [0.2, 0.25) is 11.8 Å². The second kappa shape index (κ2) is 25.7. The van der Waals surface area contributed by atoms with Gasteiger partial charge in [-0.3, -0.25) is 34.1 Å². The van der Waals surface area contributed by atoms with E-state index in [0.29, 0.717) is 56.1 Å². The number of ether oxygens (including phenoxy) is 2. The predicted molar refractivity (Wildman–Crippen MR) is 291 cm³/mol. The molecule has 1 saturated carbocycles. The number of nitrogens with zero attached hydrogens (tertiary/aromatic N) is 5. The lowest BCUT2D eigenvalue weighted by atomic mass is 9.77. The summed E-state index contributed by atoms with van der Waals surface area (Å²) in [4.78, 5) is 67.9. The van der Waals surface area contributed by atoms with Crippen LogP contribution in [-0.4, -0.2) is 130 Å². The molecule has 4 atom stereocenters. The van der Waals surface area contributed by atoms with Crippen LogP contribution in [0.3, 0.4) is 0 Å². The van der Waals surface area contributed by atoms with Gasteiger partial charge in [0.15, 0.2) is 11.4 Å². The number of aromatic amines is 1. The molecule has 4 unspecified atom stereocenters. The van der Waals surface area contributed by atoms with Crippen molar-refractivity contribution in [2.45, 2.75) is 85.3 Å². The highest BCUT2D eigenvalue weighted by atomic mass is 32.1. The number of aliphatic hydroxyl groups excluding tert-OH is 1. The van der Waals surface area contributed by atoms with Crippen molar-refractivity contribution >= 4 is 51.6 Å². The van der Waals surface area contributed by atoms with E-state index >= 15 is 0 Å². The van der Waals surface area contributed by atoms with Crippen LogP contribution in [0, 0.1) is 42.9 Å². The normalized spacial score (nSPS) is 17.6. The van der Waals surface area contributed by atoms with Crippen LogP contribution >= 0.6 is 11.3 Å². The van der Waals surface area contributed by atoms with E-state index in [1.165, 1.54) is 12.1 Å². The summed E-state index contributed by atoms with van der Waals surface area (Å²) in [6, 6.07) is 17.7. The molecule has 0 spiro atoms. The smallest absolute Gasteiger partial charge is 0.393 e. The number of alkyl halides is 3. The van der Waals surface area contributed by atoms with E-state index in [1.807, 2.05) is 69.9 Å². The van der Waals surface area contributed by atoms with Crippen LogP contribution in [0.15, 0.2) is 84.6 Å². The monoisotopic (exact) mass is 1090 g/mol. The summed E-state index contributed by atoms with van der Waals surface area (Å²) >= 11 is 1.57. The van der Waals surface area contributed by atoms with E-state index in [0.717, 1.165) is 38.7 Å². The lowest BCUT2D eigenvalue weighted by Crippen LogP contribution is -2.52. The molecular weight excluding hydrogens is 1020 g/mol. The van der Waals surface area contributed by atoms with Gasteiger partial charge in [-0.2, -0.15) is 18.3 Å². The molecule has 3 amide bonds. The minimum Gasteiger partial charge on any atom is -0.393 e. The number of aryl methyl sites for hydroxylation is 2. The first-order valence-electron chi connectivity index (χ1n) is 26.1. The number of benzene rings is 3. The van der Waals surface area contributed by atoms with Crippen molar-refractivity contribution < 1.29 is 46.9 Å². The minimum absolute atomic E-state index is 0.00497. The van der Waals surface area contributed by atoms with Crippen molar-refractivity contribution in [3.05, 3.63) is 129 Å². The standard InChI is InChI=1S/C58H66F3N9O7S/c1-36-6-10-42(27-41(36)13-9-39-26-44-33-65-68-54(44)62-32-39)55(74)66-45-15-14-43(49(28-45)58(59,60)61)34-70-19-17-69(18-20-70)21-23-77-25-24-76-22-16-50(72)67-53(57(3,4)5)51(73)47-29-46(71)30-48(47)56(75)63-31-38-7-11-40(12-8-38)52-37(2)64-35-78-52/h6-8,10-12,14-15,26-28,32-33,35,46-48,53,71H,16-25,29-31,34H2,1-5H3,(H,63,75)(H,66,74)(H,67,72)(H,62,65,68). The maximum absolute atomic E-state index is 14.5. The van der Waals surface area contributed by atoms with Crippen molar-refractivity contribution in [1.82, 2.24) is 40.6 Å². The van der Waals surface area contributed by atoms with Gasteiger partial charge >= 0.3 is 6.18 Å². The Balaban J connectivity index is 0.720. The Morgan fingerprint density at radius 1 is 0.859 bits per heavy atom. The van der Waals surface area contributed by atoms with E-state index in [2.05, 4.69) is 52.9 Å². The van der Waals surface area contributed by atoms with Crippen LogP contribution in [0.2, 0.25) is 0 Å². The second-order valence-corrected chi connectivity index (χ2v) is 21.9. The molecule has 1 saturated heterocycles. The summed E-state index contributed by atoms with van der Waals surface area (Å²) in [6.45, 7) is 13.8. The highest BCUT2D eigenvalue weighted by molar-refractivity contribution is 7.13. The van der Waals surface area contributed by atoms with Crippen molar-refractivity contribution in [2.75, 3.05) is 64.5 Å². The van der Waals surface area contributed by atoms with Crippen LogP contribution in [0.4, 0.5) is 18.9 Å². The number of pyridine rings is 1. The fourth-order valence-corrected chi connectivity index (χ4v) is 10.6. The van der Waals surface area contributed by atoms with E-state index in [1.54, 1.807) is 47.4 Å². The molecule has 4 heterocycles. The Hall–Kier alpha value is -6.86. The molecule has 8 rings (SSSR count). The van der Waals surface area contributed by atoms with E-state index in [4.69, 9.17) is 9.47 Å². The lowest BCUT2D eigenvalue weighted by Gasteiger charge is -2.35. The first-order valence-corrected chi connectivity index (χ1v) is 27.0. The number of thiazole rings is 1. The van der Waals surface area contributed by atoms with Crippen molar-refractivity contribution in [3.63, 3.8) is 0 Å². The summed E-state index contributed by atoms with van der Waals surface area (Å²) < 4.78 is 54.8. The zero-order valence-corrected chi connectivity index (χ0v) is 45.3. The Bertz CT molecular complexity index is 3140. The highest BCUT2D eigenvalue weighted by Gasteiger charge is 2.47. The quantitative estimate of drug-likeness (QED) is 0.0369. The van der Waals surface area contributed by atoms with Gasteiger partial charge in [-0.25, -0.2) is 9.97 Å². The molecular formula is C58H66F3N9O7S. The van der Waals surface area contributed by atoms with Crippen LogP contribution in [-0.2, 0) is 43.1 Å². The van der Waals surface area contributed by atoms with E-state index in [9.17, 15) is 37.5 Å². The maximum atomic E-state index is 14.5. The number of aromatic nitrogens is 4. The molecule has 6 aromatic rings. The van der Waals surface area contributed by atoms with Gasteiger partial charge in [0, 0.05) is 92.1 Å². The van der Waals surface area contributed by atoms with E-state index < -0.39 is 47.0 Å². The van der Waals surface area contributed by atoms with Crippen LogP contribution in [0.1, 0.15) is 89.5 Å². The number of nitrogens with one attached hydrogen (secondary N) is 4.